The van der Waals surface area contributed by atoms with Crippen molar-refractivity contribution in [3.05, 3.63) is 44.2 Å². The highest BCUT2D eigenvalue weighted by Crippen LogP contribution is 2.44. The summed E-state index contributed by atoms with van der Waals surface area (Å²) >= 11 is 4.93. The maximum absolute atomic E-state index is 12.5. The minimum Gasteiger partial charge on any atom is -0.484 e. The van der Waals surface area contributed by atoms with Gasteiger partial charge in [0.25, 0.3) is 5.91 Å². The number of ether oxygens (including phenoxy) is 2. The van der Waals surface area contributed by atoms with Gasteiger partial charge in [-0.1, -0.05) is 36.7 Å². The van der Waals surface area contributed by atoms with Gasteiger partial charge >= 0.3 is 5.97 Å². The number of aryl methyl sites for hydroxylation is 1. The van der Waals surface area contributed by atoms with Gasteiger partial charge in [0, 0.05) is 9.35 Å². The molecule has 1 unspecified atom stereocenters. The molecular weight excluding hydrogens is 466 g/mol. The average Bonchev–Trinajstić information content (AvgIpc) is 3.04. The fourth-order valence-electron chi connectivity index (χ4n) is 3.75. The van der Waals surface area contributed by atoms with Crippen LogP contribution in [0.5, 0.6) is 5.75 Å². The molecule has 1 aliphatic carbocycles. The van der Waals surface area contributed by atoms with E-state index in [9.17, 15) is 9.59 Å². The number of fused-ring (bicyclic) bond motifs is 1. The number of carbonyl (C=O) groups is 2. The van der Waals surface area contributed by atoms with E-state index in [1.807, 2.05) is 19.1 Å². The number of hydrogen-bond acceptors (Lipinski definition) is 5. The highest BCUT2D eigenvalue weighted by Gasteiger charge is 2.34. The van der Waals surface area contributed by atoms with Gasteiger partial charge in [0.2, 0.25) is 0 Å². The number of benzene rings is 1. The van der Waals surface area contributed by atoms with E-state index < -0.39 is 5.97 Å². The third-order valence-corrected chi connectivity index (χ3v) is 7.69. The van der Waals surface area contributed by atoms with Crippen molar-refractivity contribution in [1.82, 2.24) is 0 Å². The molecule has 3 rings (SSSR count). The predicted octanol–water partition coefficient (Wildman–Crippen LogP) is 5.77. The summed E-state index contributed by atoms with van der Waals surface area (Å²) in [6.07, 6.45) is 2.76. The zero-order valence-corrected chi connectivity index (χ0v) is 20.5. The Morgan fingerprint density at radius 2 is 2.03 bits per heavy atom. The molecular formula is C23H28BrNO4S. The smallest absolute Gasteiger partial charge is 0.341 e. The first kappa shape index (κ1) is 22.8. The Hall–Kier alpha value is -1.86. The zero-order valence-electron chi connectivity index (χ0n) is 18.1. The first-order valence-corrected chi connectivity index (χ1v) is 11.6. The van der Waals surface area contributed by atoms with E-state index in [1.165, 1.54) is 23.3 Å². The number of nitrogens with one attached hydrogen (secondary N) is 1. The molecule has 0 fully saturated rings. The van der Waals surface area contributed by atoms with Crippen molar-refractivity contribution in [2.24, 2.45) is 11.3 Å². The van der Waals surface area contributed by atoms with Crippen LogP contribution >= 0.6 is 27.3 Å². The maximum atomic E-state index is 12.5. The van der Waals surface area contributed by atoms with Crippen LogP contribution in [0.15, 0.2) is 22.7 Å². The third kappa shape index (κ3) is 5.06. The molecule has 0 spiro atoms. The van der Waals surface area contributed by atoms with Gasteiger partial charge in [-0.05, 0) is 66.8 Å². The monoisotopic (exact) mass is 493 g/mol. The van der Waals surface area contributed by atoms with E-state index >= 15 is 0 Å². The number of rotatable bonds is 5. The lowest BCUT2D eigenvalue weighted by Gasteiger charge is -2.33. The highest BCUT2D eigenvalue weighted by atomic mass is 79.9. The van der Waals surface area contributed by atoms with Gasteiger partial charge in [-0.15, -0.1) is 11.3 Å². The summed E-state index contributed by atoms with van der Waals surface area (Å²) < 4.78 is 11.6. The van der Waals surface area contributed by atoms with E-state index in [0.29, 0.717) is 22.2 Å². The van der Waals surface area contributed by atoms with Crippen LogP contribution in [0, 0.1) is 18.3 Å². The molecule has 0 saturated carbocycles. The molecule has 0 radical (unpaired) electrons. The number of hydrogen-bond donors (Lipinski definition) is 1. The molecule has 0 bridgehead atoms. The molecule has 7 heteroatoms. The van der Waals surface area contributed by atoms with Gasteiger partial charge in [-0.2, -0.15) is 0 Å². The number of thiophene rings is 1. The molecule has 162 valence electrons. The Bertz CT molecular complexity index is 961. The molecule has 0 saturated heterocycles. The molecule has 2 aromatic rings. The van der Waals surface area contributed by atoms with E-state index in [2.05, 4.69) is 42.0 Å². The SMILES string of the molecule is COC(=O)c1c(NC(=O)COc2ccc(Br)c(C)c2)sc2c1CCC(C(C)(C)C)C2. The van der Waals surface area contributed by atoms with Crippen LogP contribution in [-0.2, 0) is 22.4 Å². The zero-order chi connectivity index (χ0) is 22.1. The van der Waals surface area contributed by atoms with Crippen LogP contribution < -0.4 is 10.1 Å². The number of anilines is 1. The molecule has 1 heterocycles. The lowest BCUT2D eigenvalue weighted by molar-refractivity contribution is -0.118. The van der Waals surface area contributed by atoms with Crippen LogP contribution in [0.25, 0.3) is 0 Å². The van der Waals surface area contributed by atoms with E-state index in [0.717, 1.165) is 34.9 Å². The number of methoxy groups -OCH3 is 1. The predicted molar refractivity (Wildman–Crippen MR) is 124 cm³/mol. The molecule has 1 atom stereocenters. The molecule has 1 aliphatic rings. The third-order valence-electron chi connectivity index (χ3n) is 5.63. The summed E-state index contributed by atoms with van der Waals surface area (Å²) in [6, 6.07) is 5.56. The first-order chi connectivity index (χ1) is 14.1. The second kappa shape index (κ2) is 9.10. The second-order valence-corrected chi connectivity index (χ2v) is 10.7. The summed E-state index contributed by atoms with van der Waals surface area (Å²) in [5.74, 6) is 0.465. The molecule has 1 aromatic heterocycles. The van der Waals surface area contributed by atoms with E-state index in [1.54, 1.807) is 6.07 Å². The van der Waals surface area contributed by atoms with Crippen LogP contribution in [0.2, 0.25) is 0 Å². The summed E-state index contributed by atoms with van der Waals surface area (Å²) in [7, 11) is 1.37. The van der Waals surface area contributed by atoms with Crippen molar-refractivity contribution in [2.45, 2.75) is 47.0 Å². The van der Waals surface area contributed by atoms with Gasteiger partial charge in [0.15, 0.2) is 6.61 Å². The number of esters is 1. The van der Waals surface area contributed by atoms with E-state index in [4.69, 9.17) is 9.47 Å². The minimum absolute atomic E-state index is 0.130. The minimum atomic E-state index is -0.401. The summed E-state index contributed by atoms with van der Waals surface area (Å²) in [4.78, 5) is 26.2. The summed E-state index contributed by atoms with van der Waals surface area (Å²) in [5, 5.41) is 3.43. The lowest BCUT2D eigenvalue weighted by Crippen LogP contribution is -2.26. The topological polar surface area (TPSA) is 64.6 Å². The van der Waals surface area contributed by atoms with Gasteiger partial charge in [0.05, 0.1) is 12.7 Å². The van der Waals surface area contributed by atoms with Crippen molar-refractivity contribution in [2.75, 3.05) is 19.0 Å². The standard InChI is InChI=1S/C23H28BrNO4S/c1-13-10-15(7-9-17(13)24)29-12-19(26)25-21-20(22(27)28-5)16-8-6-14(23(2,3)4)11-18(16)30-21/h7,9-10,14H,6,8,11-12H2,1-5H3,(H,25,26). The molecule has 1 amide bonds. The second-order valence-electron chi connectivity index (χ2n) is 8.75. The normalized spacial score (nSPS) is 16.0. The lowest BCUT2D eigenvalue weighted by atomic mass is 9.72. The van der Waals surface area contributed by atoms with Crippen molar-refractivity contribution in [1.29, 1.82) is 0 Å². The molecule has 1 aromatic carbocycles. The van der Waals surface area contributed by atoms with Crippen LogP contribution in [0.1, 0.15) is 53.6 Å². The van der Waals surface area contributed by atoms with Gasteiger partial charge in [0.1, 0.15) is 10.8 Å². The van der Waals surface area contributed by atoms with Crippen molar-refractivity contribution < 1.29 is 19.1 Å². The maximum Gasteiger partial charge on any atom is 0.341 e. The van der Waals surface area contributed by atoms with E-state index in [-0.39, 0.29) is 17.9 Å². The molecule has 30 heavy (non-hydrogen) atoms. The molecule has 1 N–H and O–H groups in total. The Balaban J connectivity index is 1.76. The Morgan fingerprint density at radius 3 is 2.67 bits per heavy atom. The number of carbonyl (C=O) groups excluding carboxylic acids is 2. The van der Waals surface area contributed by atoms with Crippen molar-refractivity contribution >= 4 is 44.1 Å². The fourth-order valence-corrected chi connectivity index (χ4v) is 5.33. The quantitative estimate of drug-likeness (QED) is 0.536. The molecule has 5 nitrogen and oxygen atoms in total. The fraction of sp³-hybridized carbons (Fsp3) is 0.478. The summed E-state index contributed by atoms with van der Waals surface area (Å²) in [6.45, 7) is 8.58. The van der Waals surface area contributed by atoms with Crippen LogP contribution in [-0.4, -0.2) is 25.6 Å². The van der Waals surface area contributed by atoms with Crippen molar-refractivity contribution in [3.8, 4) is 5.75 Å². The average molecular weight is 494 g/mol. The van der Waals surface area contributed by atoms with Crippen LogP contribution in [0.3, 0.4) is 0 Å². The largest absolute Gasteiger partial charge is 0.484 e. The van der Waals surface area contributed by atoms with Crippen molar-refractivity contribution in [3.63, 3.8) is 0 Å². The van der Waals surface area contributed by atoms with Gasteiger partial charge < -0.3 is 14.8 Å². The molecule has 0 aliphatic heterocycles. The summed E-state index contributed by atoms with van der Waals surface area (Å²) in [5.41, 5.74) is 2.75. The Kier molecular flexibility index (Phi) is 6.92. The highest BCUT2D eigenvalue weighted by molar-refractivity contribution is 9.10. The Labute approximate surface area is 190 Å². The van der Waals surface area contributed by atoms with Crippen LogP contribution in [0.4, 0.5) is 5.00 Å². The van der Waals surface area contributed by atoms with Gasteiger partial charge in [-0.3, -0.25) is 4.79 Å². The number of halogens is 1. The van der Waals surface area contributed by atoms with Gasteiger partial charge in [-0.25, -0.2) is 4.79 Å². The number of amides is 1. The first-order valence-electron chi connectivity index (χ1n) is 10.0. The Morgan fingerprint density at radius 1 is 1.30 bits per heavy atom.